The highest BCUT2D eigenvalue weighted by Gasteiger charge is 2.16. The largest absolute Gasteiger partial charge is 0.493 e. The van der Waals surface area contributed by atoms with E-state index in [-0.39, 0.29) is 5.57 Å². The van der Waals surface area contributed by atoms with E-state index in [1.54, 1.807) is 25.3 Å². The number of methoxy groups -OCH3 is 1. The fourth-order valence-corrected chi connectivity index (χ4v) is 3.82. The summed E-state index contributed by atoms with van der Waals surface area (Å²) in [6, 6.07) is 19.1. The molecule has 0 aliphatic carbocycles. The number of rotatable bonds is 7. The quantitative estimate of drug-likeness (QED) is 0.294. The van der Waals surface area contributed by atoms with Gasteiger partial charge in [0.05, 0.1) is 7.11 Å². The van der Waals surface area contributed by atoms with Crippen molar-refractivity contribution >= 4 is 33.6 Å². The number of nitriles is 1. The molecule has 3 aromatic rings. The maximum absolute atomic E-state index is 12.9. The maximum Gasteiger partial charge on any atom is 0.266 e. The summed E-state index contributed by atoms with van der Waals surface area (Å²) in [5, 5.41) is 12.6. The topological polar surface area (TPSA) is 71.3 Å². The van der Waals surface area contributed by atoms with E-state index in [2.05, 4.69) is 21.2 Å². The zero-order chi connectivity index (χ0) is 24.0. The van der Waals surface area contributed by atoms with Crippen molar-refractivity contribution in [2.45, 2.75) is 27.4 Å². The first-order chi connectivity index (χ1) is 15.8. The minimum Gasteiger partial charge on any atom is -0.493 e. The number of carbonyl (C=O) groups excluding carboxylic acids is 1. The molecule has 0 saturated heterocycles. The van der Waals surface area contributed by atoms with Crippen LogP contribution in [-0.4, -0.2) is 13.0 Å². The summed E-state index contributed by atoms with van der Waals surface area (Å²) in [6.07, 6.45) is 1.52. The molecule has 0 spiro atoms. The zero-order valence-corrected chi connectivity index (χ0v) is 20.6. The SMILES string of the molecule is COc1cccc(/C=C(/C#N)C(=O)Nc2c(C)cc(C)cc2C)c1OCc1ccc(Br)cc1. The number of benzene rings is 3. The predicted molar refractivity (Wildman–Crippen MR) is 134 cm³/mol. The number of nitrogens with zero attached hydrogens (tertiary/aromatic N) is 1. The molecule has 0 fully saturated rings. The molecule has 1 N–H and O–H groups in total. The van der Waals surface area contributed by atoms with Gasteiger partial charge in [-0.1, -0.05) is 57.9 Å². The third kappa shape index (κ3) is 6.03. The molecule has 0 bridgehead atoms. The monoisotopic (exact) mass is 504 g/mol. The van der Waals surface area contributed by atoms with E-state index in [1.165, 1.54) is 6.08 Å². The van der Waals surface area contributed by atoms with Crippen molar-refractivity contribution in [1.82, 2.24) is 0 Å². The van der Waals surface area contributed by atoms with Crippen LogP contribution in [-0.2, 0) is 11.4 Å². The molecule has 0 radical (unpaired) electrons. The number of amides is 1. The van der Waals surface area contributed by atoms with E-state index in [0.717, 1.165) is 26.7 Å². The number of nitrogens with one attached hydrogen (secondary N) is 1. The molecule has 0 unspecified atom stereocenters. The number of ether oxygens (including phenoxy) is 2. The molecule has 33 heavy (non-hydrogen) atoms. The molecule has 0 aliphatic rings. The van der Waals surface area contributed by atoms with Crippen molar-refractivity contribution in [2.75, 3.05) is 12.4 Å². The number of hydrogen-bond acceptors (Lipinski definition) is 4. The van der Waals surface area contributed by atoms with Crippen LogP contribution < -0.4 is 14.8 Å². The third-order valence-corrected chi connectivity index (χ3v) is 5.63. The summed E-state index contributed by atoms with van der Waals surface area (Å²) in [5.41, 5.74) is 5.23. The summed E-state index contributed by atoms with van der Waals surface area (Å²) < 4.78 is 12.5. The Morgan fingerprint density at radius 3 is 2.36 bits per heavy atom. The second-order valence-corrected chi connectivity index (χ2v) is 8.61. The van der Waals surface area contributed by atoms with Crippen molar-refractivity contribution in [1.29, 1.82) is 5.26 Å². The van der Waals surface area contributed by atoms with Gasteiger partial charge in [-0.25, -0.2) is 0 Å². The van der Waals surface area contributed by atoms with Crippen LogP contribution in [0.4, 0.5) is 5.69 Å². The minimum absolute atomic E-state index is 0.0314. The first-order valence-corrected chi connectivity index (χ1v) is 11.2. The van der Waals surface area contributed by atoms with Crippen molar-refractivity contribution in [3.8, 4) is 17.6 Å². The number of para-hydroxylation sites is 1. The number of anilines is 1. The van der Waals surface area contributed by atoms with Crippen molar-refractivity contribution in [2.24, 2.45) is 0 Å². The first kappa shape index (κ1) is 24.1. The number of halogens is 1. The van der Waals surface area contributed by atoms with Gasteiger partial charge in [-0.15, -0.1) is 0 Å². The fraction of sp³-hybridized carbons (Fsp3) is 0.185. The second-order valence-electron chi connectivity index (χ2n) is 7.69. The van der Waals surface area contributed by atoms with Gasteiger partial charge >= 0.3 is 0 Å². The summed E-state index contributed by atoms with van der Waals surface area (Å²) in [7, 11) is 1.55. The molecule has 3 aromatic carbocycles. The Morgan fingerprint density at radius 2 is 1.76 bits per heavy atom. The van der Waals surface area contributed by atoms with E-state index < -0.39 is 5.91 Å². The number of carbonyl (C=O) groups is 1. The molecular weight excluding hydrogens is 480 g/mol. The average Bonchev–Trinajstić information content (AvgIpc) is 2.79. The van der Waals surface area contributed by atoms with Crippen molar-refractivity contribution in [3.63, 3.8) is 0 Å². The molecule has 0 atom stereocenters. The lowest BCUT2D eigenvalue weighted by Gasteiger charge is -2.15. The van der Waals surface area contributed by atoms with Gasteiger partial charge < -0.3 is 14.8 Å². The Bertz CT molecular complexity index is 1220. The molecule has 168 valence electrons. The van der Waals surface area contributed by atoms with Crippen LogP contribution in [0.25, 0.3) is 6.08 Å². The normalized spacial score (nSPS) is 11.0. The van der Waals surface area contributed by atoms with Gasteiger partial charge in [0.2, 0.25) is 0 Å². The van der Waals surface area contributed by atoms with E-state index in [1.807, 2.05) is 63.2 Å². The van der Waals surface area contributed by atoms with Crippen LogP contribution in [0.15, 0.2) is 64.6 Å². The molecule has 6 heteroatoms. The van der Waals surface area contributed by atoms with E-state index in [4.69, 9.17) is 9.47 Å². The number of hydrogen-bond donors (Lipinski definition) is 1. The second kappa shape index (κ2) is 10.8. The van der Waals surface area contributed by atoms with Gasteiger partial charge in [-0.05, 0) is 61.7 Å². The summed E-state index contributed by atoms with van der Waals surface area (Å²) >= 11 is 3.42. The summed E-state index contributed by atoms with van der Waals surface area (Å²) in [4.78, 5) is 12.9. The third-order valence-electron chi connectivity index (χ3n) is 5.11. The fourth-order valence-electron chi connectivity index (χ4n) is 3.56. The van der Waals surface area contributed by atoms with Crippen LogP contribution in [0, 0.1) is 32.1 Å². The van der Waals surface area contributed by atoms with Crippen LogP contribution in [0.2, 0.25) is 0 Å². The summed E-state index contributed by atoms with van der Waals surface area (Å²) in [6.45, 7) is 6.18. The highest BCUT2D eigenvalue weighted by Crippen LogP contribution is 2.33. The van der Waals surface area contributed by atoms with Gasteiger partial charge in [0.1, 0.15) is 18.2 Å². The molecule has 0 aliphatic heterocycles. The van der Waals surface area contributed by atoms with Crippen LogP contribution in [0.5, 0.6) is 11.5 Å². The Morgan fingerprint density at radius 1 is 1.09 bits per heavy atom. The Hall–Kier alpha value is -3.56. The van der Waals surface area contributed by atoms with E-state index in [9.17, 15) is 10.1 Å². The molecule has 1 amide bonds. The molecule has 3 rings (SSSR count). The van der Waals surface area contributed by atoms with Crippen molar-refractivity contribution in [3.05, 3.63) is 92.5 Å². The molecule has 0 aromatic heterocycles. The number of aryl methyl sites for hydroxylation is 3. The van der Waals surface area contributed by atoms with Crippen LogP contribution >= 0.6 is 15.9 Å². The van der Waals surface area contributed by atoms with Crippen LogP contribution in [0.3, 0.4) is 0 Å². The predicted octanol–water partition coefficient (Wildman–Crippen LogP) is 6.51. The Balaban J connectivity index is 1.90. The molecular formula is C27H25BrN2O3. The van der Waals surface area contributed by atoms with Gasteiger partial charge in [-0.3, -0.25) is 4.79 Å². The van der Waals surface area contributed by atoms with Gasteiger partial charge in [0.15, 0.2) is 11.5 Å². The van der Waals surface area contributed by atoms with Gasteiger partial charge in [0, 0.05) is 15.7 Å². The smallest absolute Gasteiger partial charge is 0.266 e. The standard InChI is InChI=1S/C27H25BrN2O3/c1-17-12-18(2)25(19(3)13-17)30-27(31)22(15-29)14-21-6-5-7-24(32-4)26(21)33-16-20-8-10-23(28)11-9-20/h5-14H,16H2,1-4H3,(H,30,31)/b22-14-. The Labute approximate surface area is 202 Å². The van der Waals surface area contributed by atoms with E-state index >= 15 is 0 Å². The zero-order valence-electron chi connectivity index (χ0n) is 19.0. The molecule has 0 heterocycles. The van der Waals surface area contributed by atoms with Crippen LogP contribution in [0.1, 0.15) is 27.8 Å². The lowest BCUT2D eigenvalue weighted by molar-refractivity contribution is -0.112. The molecule has 5 nitrogen and oxygen atoms in total. The highest BCUT2D eigenvalue weighted by molar-refractivity contribution is 9.10. The summed E-state index contributed by atoms with van der Waals surface area (Å²) in [5.74, 6) is 0.504. The highest BCUT2D eigenvalue weighted by atomic mass is 79.9. The lowest BCUT2D eigenvalue weighted by atomic mass is 10.0. The Kier molecular flexibility index (Phi) is 7.92. The van der Waals surface area contributed by atoms with Gasteiger partial charge in [-0.2, -0.15) is 5.26 Å². The van der Waals surface area contributed by atoms with Gasteiger partial charge in [0.25, 0.3) is 5.91 Å². The first-order valence-electron chi connectivity index (χ1n) is 10.4. The molecule has 0 saturated carbocycles. The minimum atomic E-state index is -0.478. The maximum atomic E-state index is 12.9. The lowest BCUT2D eigenvalue weighted by Crippen LogP contribution is -2.15. The van der Waals surface area contributed by atoms with Crippen molar-refractivity contribution < 1.29 is 14.3 Å². The van der Waals surface area contributed by atoms with E-state index in [0.29, 0.717) is 29.4 Å². The average molecular weight is 505 g/mol.